The molecule has 1 saturated carbocycles. The van der Waals surface area contributed by atoms with E-state index in [1.165, 1.54) is 48.0 Å². The van der Waals surface area contributed by atoms with Gasteiger partial charge in [-0.2, -0.15) is 0 Å². The Hall–Kier alpha value is -1.80. The zero-order chi connectivity index (χ0) is 18.1. The van der Waals surface area contributed by atoms with Gasteiger partial charge in [-0.25, -0.2) is 4.98 Å². The van der Waals surface area contributed by atoms with Crippen molar-refractivity contribution in [2.45, 2.75) is 57.8 Å². The molecule has 0 aliphatic heterocycles. The Morgan fingerprint density at radius 2 is 1.92 bits per heavy atom. The Kier molecular flexibility index (Phi) is 5.04. The third kappa shape index (κ3) is 3.53. The molecule has 0 amide bonds. The lowest BCUT2D eigenvalue weighted by atomic mass is 9.76. The van der Waals surface area contributed by atoms with Gasteiger partial charge in [0, 0.05) is 10.7 Å². The predicted molar refractivity (Wildman–Crippen MR) is 109 cm³/mol. The molecular formula is C23H27ClN2. The average Bonchev–Trinajstić information content (AvgIpc) is 3.11. The van der Waals surface area contributed by atoms with Gasteiger partial charge in [0.05, 0.1) is 18.0 Å². The second kappa shape index (κ2) is 7.44. The number of fused-ring (bicyclic) bond motifs is 1. The summed E-state index contributed by atoms with van der Waals surface area (Å²) < 4.78 is 2.30. The summed E-state index contributed by atoms with van der Waals surface area (Å²) in [5.74, 6) is 1.97. The summed E-state index contributed by atoms with van der Waals surface area (Å²) in [6, 6.07) is 12.9. The molecule has 3 aromatic rings. The fourth-order valence-corrected chi connectivity index (χ4v) is 4.74. The van der Waals surface area contributed by atoms with Crippen molar-refractivity contribution in [2.75, 3.05) is 0 Å². The van der Waals surface area contributed by atoms with E-state index in [9.17, 15) is 0 Å². The number of nitrogens with zero attached hydrogens (tertiary/aromatic N) is 2. The molecule has 0 saturated heterocycles. The molecule has 0 atom stereocenters. The summed E-state index contributed by atoms with van der Waals surface area (Å²) in [6.07, 6.45) is 10.2. The first-order valence-corrected chi connectivity index (χ1v) is 10.2. The maximum atomic E-state index is 6.18. The molecule has 2 nitrogen and oxygen atoms in total. The quantitative estimate of drug-likeness (QED) is 0.506. The van der Waals surface area contributed by atoms with E-state index >= 15 is 0 Å². The highest BCUT2D eigenvalue weighted by molar-refractivity contribution is 6.30. The van der Waals surface area contributed by atoms with E-state index in [-0.39, 0.29) is 0 Å². The molecule has 0 bridgehead atoms. The van der Waals surface area contributed by atoms with Crippen LogP contribution in [0.4, 0.5) is 0 Å². The summed E-state index contributed by atoms with van der Waals surface area (Å²) in [5.41, 5.74) is 5.54. The predicted octanol–water partition coefficient (Wildman–Crippen LogP) is 6.63. The number of pyridine rings is 1. The molecule has 26 heavy (non-hydrogen) atoms. The summed E-state index contributed by atoms with van der Waals surface area (Å²) >= 11 is 6.18. The maximum Gasteiger partial charge on any atom is 0.0994 e. The smallest absolute Gasteiger partial charge is 0.0994 e. The summed E-state index contributed by atoms with van der Waals surface area (Å²) in [5, 5.41) is 0.859. The van der Waals surface area contributed by atoms with Crippen LogP contribution < -0.4 is 0 Å². The number of hydrogen-bond acceptors (Lipinski definition) is 1. The minimum atomic E-state index is 0.541. The standard InChI is InChI=1S/C23H27ClN2/c1-16(2)22-11-10-21-14-25-15-26(21)23(22)12-17-6-8-18(9-7-17)19-4-3-5-20(24)13-19/h3-5,10-11,13-18H,6-9,12H2,1-2H3/t17-,18-. The topological polar surface area (TPSA) is 17.3 Å². The first-order valence-electron chi connectivity index (χ1n) is 9.81. The molecule has 1 aliphatic carbocycles. The molecule has 0 radical (unpaired) electrons. The Morgan fingerprint density at radius 3 is 2.65 bits per heavy atom. The van der Waals surface area contributed by atoms with Crippen molar-refractivity contribution >= 4 is 17.1 Å². The van der Waals surface area contributed by atoms with E-state index in [4.69, 9.17) is 11.6 Å². The fraction of sp³-hybridized carbons (Fsp3) is 0.435. The van der Waals surface area contributed by atoms with Crippen LogP contribution in [-0.4, -0.2) is 9.38 Å². The van der Waals surface area contributed by atoms with Crippen LogP contribution in [0.2, 0.25) is 5.02 Å². The van der Waals surface area contributed by atoms with E-state index in [1.807, 2.05) is 18.6 Å². The number of rotatable bonds is 4. The summed E-state index contributed by atoms with van der Waals surface area (Å²) in [7, 11) is 0. The van der Waals surface area contributed by atoms with Crippen molar-refractivity contribution in [3.05, 3.63) is 70.8 Å². The van der Waals surface area contributed by atoms with Crippen molar-refractivity contribution in [1.82, 2.24) is 9.38 Å². The van der Waals surface area contributed by atoms with Crippen molar-refractivity contribution in [2.24, 2.45) is 5.92 Å². The van der Waals surface area contributed by atoms with Crippen LogP contribution in [0.3, 0.4) is 0 Å². The average molecular weight is 367 g/mol. The SMILES string of the molecule is CC(C)c1ccc2cncn2c1C[C@H]1CC[C@H](c2cccc(Cl)c2)CC1. The molecule has 0 N–H and O–H groups in total. The first-order chi connectivity index (χ1) is 12.6. The van der Waals surface area contributed by atoms with Crippen molar-refractivity contribution in [3.63, 3.8) is 0 Å². The van der Waals surface area contributed by atoms with Crippen molar-refractivity contribution in [3.8, 4) is 0 Å². The molecule has 1 aromatic carbocycles. The van der Waals surface area contributed by atoms with Gasteiger partial charge in [-0.3, -0.25) is 0 Å². The van der Waals surface area contributed by atoms with Gasteiger partial charge in [-0.05, 0) is 79.2 Å². The van der Waals surface area contributed by atoms with Crippen LogP contribution in [-0.2, 0) is 6.42 Å². The lowest BCUT2D eigenvalue weighted by molar-refractivity contribution is 0.321. The van der Waals surface area contributed by atoms with Gasteiger partial charge in [-0.15, -0.1) is 0 Å². The van der Waals surface area contributed by atoms with Gasteiger partial charge in [0.2, 0.25) is 0 Å². The molecule has 1 fully saturated rings. The van der Waals surface area contributed by atoms with E-state index in [1.54, 1.807) is 0 Å². The van der Waals surface area contributed by atoms with Crippen LogP contribution in [0, 0.1) is 5.92 Å². The van der Waals surface area contributed by atoms with Crippen LogP contribution >= 0.6 is 11.6 Å². The minimum Gasteiger partial charge on any atom is -0.303 e. The second-order valence-corrected chi connectivity index (χ2v) is 8.49. The Labute approximate surface area is 161 Å². The zero-order valence-corrected chi connectivity index (χ0v) is 16.4. The van der Waals surface area contributed by atoms with Crippen LogP contribution in [0.25, 0.3) is 5.52 Å². The highest BCUT2D eigenvalue weighted by Gasteiger charge is 2.24. The van der Waals surface area contributed by atoms with Gasteiger partial charge in [0.25, 0.3) is 0 Å². The van der Waals surface area contributed by atoms with Gasteiger partial charge in [0.1, 0.15) is 0 Å². The highest BCUT2D eigenvalue weighted by Crippen LogP contribution is 2.38. The van der Waals surface area contributed by atoms with Gasteiger partial charge < -0.3 is 4.40 Å². The monoisotopic (exact) mass is 366 g/mol. The molecule has 2 heterocycles. The first kappa shape index (κ1) is 17.6. The van der Waals surface area contributed by atoms with Gasteiger partial charge in [0.15, 0.2) is 0 Å². The number of imidazole rings is 1. The fourth-order valence-electron chi connectivity index (χ4n) is 4.54. The zero-order valence-electron chi connectivity index (χ0n) is 15.7. The third-order valence-electron chi connectivity index (χ3n) is 6.00. The minimum absolute atomic E-state index is 0.541. The number of benzene rings is 1. The van der Waals surface area contributed by atoms with E-state index < -0.39 is 0 Å². The number of hydrogen-bond donors (Lipinski definition) is 0. The molecule has 136 valence electrons. The molecule has 0 unspecified atom stereocenters. The Bertz CT molecular complexity index is 888. The maximum absolute atomic E-state index is 6.18. The lowest BCUT2D eigenvalue weighted by Crippen LogP contribution is -2.17. The second-order valence-electron chi connectivity index (χ2n) is 8.06. The van der Waals surface area contributed by atoms with Crippen molar-refractivity contribution in [1.29, 1.82) is 0 Å². The Balaban J connectivity index is 1.50. The summed E-state index contributed by atoms with van der Waals surface area (Å²) in [6.45, 7) is 4.58. The van der Waals surface area contributed by atoms with E-state index in [0.717, 1.165) is 17.4 Å². The van der Waals surface area contributed by atoms with E-state index in [0.29, 0.717) is 11.8 Å². The van der Waals surface area contributed by atoms with Crippen molar-refractivity contribution < 1.29 is 0 Å². The van der Waals surface area contributed by atoms with Gasteiger partial charge >= 0.3 is 0 Å². The number of aromatic nitrogens is 2. The van der Waals surface area contributed by atoms with Crippen LogP contribution in [0.15, 0.2) is 48.9 Å². The largest absolute Gasteiger partial charge is 0.303 e. The van der Waals surface area contributed by atoms with E-state index in [2.05, 4.69) is 53.6 Å². The molecule has 4 rings (SSSR count). The van der Waals surface area contributed by atoms with Crippen LogP contribution in [0.1, 0.15) is 68.2 Å². The molecule has 3 heteroatoms. The highest BCUT2D eigenvalue weighted by atomic mass is 35.5. The molecule has 1 aliphatic rings. The molecular weight excluding hydrogens is 340 g/mol. The number of halogens is 1. The Morgan fingerprint density at radius 1 is 1.12 bits per heavy atom. The summed E-state index contributed by atoms with van der Waals surface area (Å²) in [4.78, 5) is 4.37. The van der Waals surface area contributed by atoms with Crippen LogP contribution in [0.5, 0.6) is 0 Å². The molecule has 0 spiro atoms. The normalized spacial score (nSPS) is 20.8. The third-order valence-corrected chi connectivity index (χ3v) is 6.23. The lowest BCUT2D eigenvalue weighted by Gasteiger charge is -2.30. The van der Waals surface area contributed by atoms with Gasteiger partial charge in [-0.1, -0.05) is 43.6 Å². The molecule has 2 aromatic heterocycles.